The Kier molecular flexibility index (Phi) is 2.98. The molecule has 0 bridgehead atoms. The van der Waals surface area contributed by atoms with Crippen LogP contribution < -0.4 is 5.32 Å². The standard InChI is InChI=1S/C14H15N3OS/c1-9-5-13(18)16-10(2)14(9)12-6-11(7-19-12)17-4-3-15-8-17/h3-4,6-9H,5H2,1-2H3,(H,16,18). The molecule has 5 heteroatoms. The predicted molar refractivity (Wildman–Crippen MR) is 76.0 cm³/mol. The van der Waals surface area contributed by atoms with E-state index in [0.29, 0.717) is 6.42 Å². The van der Waals surface area contributed by atoms with E-state index in [1.165, 1.54) is 10.5 Å². The number of allylic oxidation sites excluding steroid dienone is 2. The number of amides is 1. The molecular weight excluding hydrogens is 258 g/mol. The Morgan fingerprint density at radius 1 is 1.53 bits per heavy atom. The number of aromatic nitrogens is 2. The average Bonchev–Trinajstić information content (AvgIpc) is 2.97. The number of imidazole rings is 1. The summed E-state index contributed by atoms with van der Waals surface area (Å²) in [4.78, 5) is 16.8. The minimum atomic E-state index is 0.111. The molecule has 1 atom stereocenters. The van der Waals surface area contributed by atoms with Crippen LogP contribution in [0.4, 0.5) is 0 Å². The lowest BCUT2D eigenvalue weighted by Crippen LogP contribution is -2.30. The molecule has 2 aromatic rings. The molecule has 1 amide bonds. The number of carbonyl (C=O) groups excluding carboxylic acids is 1. The van der Waals surface area contributed by atoms with E-state index in [4.69, 9.17) is 0 Å². The Morgan fingerprint density at radius 3 is 3.05 bits per heavy atom. The van der Waals surface area contributed by atoms with Gasteiger partial charge in [0, 0.05) is 34.8 Å². The molecule has 0 aromatic carbocycles. The quantitative estimate of drug-likeness (QED) is 0.914. The molecule has 19 heavy (non-hydrogen) atoms. The molecule has 3 heterocycles. The lowest BCUT2D eigenvalue weighted by Gasteiger charge is -2.23. The molecule has 0 fully saturated rings. The highest BCUT2D eigenvalue weighted by molar-refractivity contribution is 7.11. The third kappa shape index (κ3) is 2.21. The van der Waals surface area contributed by atoms with Crippen molar-refractivity contribution in [2.24, 2.45) is 5.92 Å². The second-order valence-corrected chi connectivity index (χ2v) is 5.74. The first-order valence-corrected chi connectivity index (χ1v) is 7.11. The summed E-state index contributed by atoms with van der Waals surface area (Å²) in [7, 11) is 0. The highest BCUT2D eigenvalue weighted by atomic mass is 32.1. The summed E-state index contributed by atoms with van der Waals surface area (Å²) in [5.74, 6) is 0.378. The molecule has 4 nitrogen and oxygen atoms in total. The van der Waals surface area contributed by atoms with Gasteiger partial charge in [-0.15, -0.1) is 11.3 Å². The molecule has 1 aliphatic heterocycles. The van der Waals surface area contributed by atoms with E-state index in [2.05, 4.69) is 28.7 Å². The van der Waals surface area contributed by atoms with Crippen LogP contribution in [0.1, 0.15) is 25.1 Å². The molecule has 98 valence electrons. The molecular formula is C14H15N3OS. The number of carbonyl (C=O) groups is 1. The minimum absolute atomic E-state index is 0.111. The van der Waals surface area contributed by atoms with Crippen molar-refractivity contribution < 1.29 is 4.79 Å². The zero-order chi connectivity index (χ0) is 13.4. The van der Waals surface area contributed by atoms with E-state index in [-0.39, 0.29) is 11.8 Å². The smallest absolute Gasteiger partial charge is 0.224 e. The fourth-order valence-electron chi connectivity index (χ4n) is 2.52. The van der Waals surface area contributed by atoms with E-state index >= 15 is 0 Å². The van der Waals surface area contributed by atoms with Crippen molar-refractivity contribution in [2.75, 3.05) is 0 Å². The lowest BCUT2D eigenvalue weighted by atomic mass is 9.91. The highest BCUT2D eigenvalue weighted by Gasteiger charge is 2.24. The molecule has 0 aliphatic carbocycles. The van der Waals surface area contributed by atoms with Crippen molar-refractivity contribution in [1.82, 2.24) is 14.9 Å². The number of hydrogen-bond acceptors (Lipinski definition) is 3. The Balaban J connectivity index is 1.99. The maximum Gasteiger partial charge on any atom is 0.224 e. The maximum absolute atomic E-state index is 11.5. The van der Waals surface area contributed by atoms with Gasteiger partial charge in [-0.1, -0.05) is 6.92 Å². The van der Waals surface area contributed by atoms with Crippen LogP contribution >= 0.6 is 11.3 Å². The second-order valence-electron chi connectivity index (χ2n) is 4.83. The first kappa shape index (κ1) is 12.2. The lowest BCUT2D eigenvalue weighted by molar-refractivity contribution is -0.121. The van der Waals surface area contributed by atoms with Crippen LogP contribution in [0.3, 0.4) is 0 Å². The van der Waals surface area contributed by atoms with Crippen LogP contribution in [0.25, 0.3) is 11.3 Å². The minimum Gasteiger partial charge on any atom is -0.330 e. The fourth-order valence-corrected chi connectivity index (χ4v) is 3.63. The van der Waals surface area contributed by atoms with Gasteiger partial charge in [-0.2, -0.15) is 0 Å². The van der Waals surface area contributed by atoms with Crippen molar-refractivity contribution in [1.29, 1.82) is 0 Å². The average molecular weight is 273 g/mol. The Labute approximate surface area is 115 Å². The Hall–Kier alpha value is -1.88. The van der Waals surface area contributed by atoms with Crippen molar-refractivity contribution in [3.63, 3.8) is 0 Å². The highest BCUT2D eigenvalue weighted by Crippen LogP contribution is 2.35. The maximum atomic E-state index is 11.5. The van der Waals surface area contributed by atoms with Gasteiger partial charge >= 0.3 is 0 Å². The van der Waals surface area contributed by atoms with Gasteiger partial charge in [0.2, 0.25) is 5.91 Å². The number of hydrogen-bond donors (Lipinski definition) is 1. The van der Waals surface area contributed by atoms with E-state index in [0.717, 1.165) is 11.4 Å². The van der Waals surface area contributed by atoms with E-state index in [9.17, 15) is 4.79 Å². The number of nitrogens with zero attached hydrogens (tertiary/aromatic N) is 2. The summed E-state index contributed by atoms with van der Waals surface area (Å²) in [6.45, 7) is 4.08. The van der Waals surface area contributed by atoms with Gasteiger partial charge in [-0.05, 0) is 24.5 Å². The van der Waals surface area contributed by atoms with E-state index < -0.39 is 0 Å². The van der Waals surface area contributed by atoms with Gasteiger partial charge in [-0.25, -0.2) is 4.98 Å². The SMILES string of the molecule is CC1=C(c2cc(-n3ccnc3)cs2)C(C)CC(=O)N1. The van der Waals surface area contributed by atoms with Gasteiger partial charge in [-0.3, -0.25) is 4.79 Å². The van der Waals surface area contributed by atoms with Crippen LogP contribution in [-0.2, 0) is 4.79 Å². The normalized spacial score (nSPS) is 19.7. The molecule has 1 N–H and O–H groups in total. The summed E-state index contributed by atoms with van der Waals surface area (Å²) in [6.07, 6.45) is 6.05. The van der Waals surface area contributed by atoms with Crippen LogP contribution in [0.5, 0.6) is 0 Å². The molecule has 0 saturated carbocycles. The monoisotopic (exact) mass is 273 g/mol. The Morgan fingerprint density at radius 2 is 2.37 bits per heavy atom. The summed E-state index contributed by atoms with van der Waals surface area (Å²) in [5, 5.41) is 5.04. The zero-order valence-electron chi connectivity index (χ0n) is 10.9. The molecule has 0 spiro atoms. The molecule has 2 aromatic heterocycles. The van der Waals surface area contributed by atoms with Crippen LogP contribution in [0.15, 0.2) is 35.9 Å². The first-order valence-electron chi connectivity index (χ1n) is 6.23. The third-order valence-corrected chi connectivity index (χ3v) is 4.32. The summed E-state index contributed by atoms with van der Waals surface area (Å²) < 4.78 is 1.99. The van der Waals surface area contributed by atoms with E-state index in [1.807, 2.05) is 17.7 Å². The van der Waals surface area contributed by atoms with Gasteiger partial charge in [0.15, 0.2) is 0 Å². The van der Waals surface area contributed by atoms with Crippen LogP contribution in [-0.4, -0.2) is 15.5 Å². The largest absolute Gasteiger partial charge is 0.330 e. The van der Waals surface area contributed by atoms with E-state index in [1.54, 1.807) is 23.9 Å². The topological polar surface area (TPSA) is 46.9 Å². The summed E-state index contributed by atoms with van der Waals surface area (Å²) >= 11 is 1.71. The van der Waals surface area contributed by atoms with Gasteiger partial charge in [0.1, 0.15) is 0 Å². The first-order chi connectivity index (χ1) is 9.15. The number of nitrogens with one attached hydrogen (secondary N) is 1. The number of thiophene rings is 1. The predicted octanol–water partition coefficient (Wildman–Crippen LogP) is 2.82. The summed E-state index contributed by atoms with van der Waals surface area (Å²) in [6, 6.07) is 2.15. The second kappa shape index (κ2) is 4.66. The fraction of sp³-hybridized carbons (Fsp3) is 0.286. The van der Waals surface area contributed by atoms with Crippen molar-refractivity contribution in [3.05, 3.63) is 40.7 Å². The van der Waals surface area contributed by atoms with Gasteiger partial charge in [0.25, 0.3) is 0 Å². The molecule has 1 aliphatic rings. The number of rotatable bonds is 2. The van der Waals surface area contributed by atoms with Gasteiger partial charge in [0.05, 0.1) is 12.0 Å². The third-order valence-electron chi connectivity index (χ3n) is 3.37. The zero-order valence-corrected chi connectivity index (χ0v) is 11.7. The molecule has 3 rings (SSSR count). The molecule has 0 saturated heterocycles. The van der Waals surface area contributed by atoms with Crippen molar-refractivity contribution in [3.8, 4) is 5.69 Å². The molecule has 1 unspecified atom stereocenters. The van der Waals surface area contributed by atoms with Crippen LogP contribution in [0, 0.1) is 5.92 Å². The molecule has 0 radical (unpaired) electrons. The van der Waals surface area contributed by atoms with Crippen LogP contribution in [0.2, 0.25) is 0 Å². The van der Waals surface area contributed by atoms with Gasteiger partial charge < -0.3 is 9.88 Å². The summed E-state index contributed by atoms with van der Waals surface area (Å²) in [5.41, 5.74) is 3.33. The van der Waals surface area contributed by atoms with Crippen molar-refractivity contribution >= 4 is 22.8 Å². The van der Waals surface area contributed by atoms with Crippen molar-refractivity contribution in [2.45, 2.75) is 20.3 Å². The Bertz CT molecular complexity index is 639.